The summed E-state index contributed by atoms with van der Waals surface area (Å²) in [6.45, 7) is -0.109. The monoisotopic (exact) mass is 388 g/mol. The maximum absolute atomic E-state index is 12.1. The van der Waals surface area contributed by atoms with E-state index in [1.807, 2.05) is 0 Å². The first-order valence-corrected chi connectivity index (χ1v) is 8.33. The number of imide groups is 1. The van der Waals surface area contributed by atoms with Crippen LogP contribution in [0.5, 0.6) is 0 Å². The molecule has 130 valence electrons. The van der Waals surface area contributed by atoms with Gasteiger partial charge < -0.3 is 4.42 Å². The van der Waals surface area contributed by atoms with Crippen LogP contribution in [0.1, 0.15) is 5.76 Å². The molecule has 2 amide bonds. The number of terminal acetylenes is 1. The van der Waals surface area contributed by atoms with Crippen molar-refractivity contribution in [2.45, 2.75) is 0 Å². The number of halogens is 1. The Balaban J connectivity index is 1.93. The van der Waals surface area contributed by atoms with Crippen LogP contribution in [0, 0.1) is 22.5 Å². The van der Waals surface area contributed by atoms with Gasteiger partial charge in [0.2, 0.25) is 0 Å². The van der Waals surface area contributed by atoms with Gasteiger partial charge in [-0.1, -0.05) is 17.5 Å². The van der Waals surface area contributed by atoms with Gasteiger partial charge in [-0.2, -0.15) is 0 Å². The molecule has 1 fully saturated rings. The summed E-state index contributed by atoms with van der Waals surface area (Å²) >= 11 is 6.55. The summed E-state index contributed by atoms with van der Waals surface area (Å²) in [4.78, 5) is 35.7. The average Bonchev–Trinajstić information content (AvgIpc) is 3.15. The minimum absolute atomic E-state index is 0.109. The second-order valence-electron chi connectivity index (χ2n) is 5.09. The molecule has 0 spiro atoms. The number of nitrogens with zero attached hydrogens (tertiary/aromatic N) is 2. The third-order valence-electron chi connectivity index (χ3n) is 3.45. The lowest BCUT2D eigenvalue weighted by Gasteiger charge is -2.06. The summed E-state index contributed by atoms with van der Waals surface area (Å²) in [6.07, 6.45) is 6.54. The lowest BCUT2D eigenvalue weighted by molar-refractivity contribution is -0.384. The largest absolute Gasteiger partial charge is 0.456 e. The van der Waals surface area contributed by atoms with Crippen molar-refractivity contribution in [3.63, 3.8) is 0 Å². The highest BCUT2D eigenvalue weighted by atomic mass is 35.5. The third-order valence-corrected chi connectivity index (χ3v) is 4.59. The number of furan rings is 1. The number of carbonyl (C=O) groups excluding carboxylic acids is 2. The number of rotatable bonds is 4. The Morgan fingerprint density at radius 1 is 1.35 bits per heavy atom. The van der Waals surface area contributed by atoms with E-state index in [1.54, 1.807) is 6.07 Å². The standard InChI is InChI=1S/C17H9ClN2O5S/c1-2-7-19-16(21)15(26-17(19)22)9-11-4-6-14(25-11)12-5-3-10(18)8-13(12)20(23)24/h1,3-6,8-9H,7H2/b15-9-. The molecule has 2 heterocycles. The van der Waals surface area contributed by atoms with Crippen molar-refractivity contribution >= 4 is 46.3 Å². The van der Waals surface area contributed by atoms with Gasteiger partial charge in [0.05, 0.1) is 21.9 Å². The smallest absolute Gasteiger partial charge is 0.294 e. The van der Waals surface area contributed by atoms with Crippen LogP contribution in [0.3, 0.4) is 0 Å². The molecular formula is C17H9ClN2O5S. The summed E-state index contributed by atoms with van der Waals surface area (Å²) < 4.78 is 5.58. The molecule has 9 heteroatoms. The average molecular weight is 389 g/mol. The van der Waals surface area contributed by atoms with Crippen molar-refractivity contribution in [1.29, 1.82) is 0 Å². The summed E-state index contributed by atoms with van der Waals surface area (Å²) in [6, 6.07) is 7.29. The lowest BCUT2D eigenvalue weighted by Crippen LogP contribution is -2.28. The molecule has 0 radical (unpaired) electrons. The highest BCUT2D eigenvalue weighted by Crippen LogP contribution is 2.36. The van der Waals surface area contributed by atoms with E-state index < -0.39 is 16.1 Å². The Bertz CT molecular complexity index is 1000. The Kier molecular flexibility index (Phi) is 4.84. The van der Waals surface area contributed by atoms with Crippen LogP contribution in [0.25, 0.3) is 17.4 Å². The second-order valence-corrected chi connectivity index (χ2v) is 6.52. The van der Waals surface area contributed by atoms with Crippen LogP contribution in [-0.4, -0.2) is 27.5 Å². The van der Waals surface area contributed by atoms with E-state index in [1.165, 1.54) is 30.3 Å². The number of nitro benzene ring substituents is 1. The Labute approximate surface area is 156 Å². The van der Waals surface area contributed by atoms with Gasteiger partial charge in [-0.3, -0.25) is 24.6 Å². The van der Waals surface area contributed by atoms with E-state index in [2.05, 4.69) is 5.92 Å². The quantitative estimate of drug-likeness (QED) is 0.337. The summed E-state index contributed by atoms with van der Waals surface area (Å²) in [5, 5.41) is 11.0. The topological polar surface area (TPSA) is 93.7 Å². The Hall–Kier alpha value is -3.02. The first-order valence-electron chi connectivity index (χ1n) is 7.13. The molecule has 3 rings (SSSR count). The zero-order chi connectivity index (χ0) is 18.8. The number of hydrogen-bond acceptors (Lipinski definition) is 6. The van der Waals surface area contributed by atoms with E-state index in [4.69, 9.17) is 22.4 Å². The normalized spacial score (nSPS) is 15.5. The predicted octanol–water partition coefficient (Wildman–Crippen LogP) is 4.18. The highest BCUT2D eigenvalue weighted by molar-refractivity contribution is 8.18. The molecule has 1 saturated heterocycles. The molecule has 0 unspecified atom stereocenters. The van der Waals surface area contributed by atoms with Crippen molar-refractivity contribution in [3.05, 3.63) is 56.1 Å². The van der Waals surface area contributed by atoms with Crippen molar-refractivity contribution in [1.82, 2.24) is 4.90 Å². The van der Waals surface area contributed by atoms with Gasteiger partial charge in [0.15, 0.2) is 0 Å². The summed E-state index contributed by atoms with van der Waals surface area (Å²) in [5.41, 5.74) is 0.0484. The van der Waals surface area contributed by atoms with E-state index >= 15 is 0 Å². The number of nitro groups is 1. The van der Waals surface area contributed by atoms with Crippen LogP contribution in [0.4, 0.5) is 10.5 Å². The van der Waals surface area contributed by atoms with Crippen LogP contribution in [0.2, 0.25) is 5.02 Å². The highest BCUT2D eigenvalue weighted by Gasteiger charge is 2.34. The number of thioether (sulfide) groups is 1. The first kappa shape index (κ1) is 17.8. The molecule has 1 aromatic heterocycles. The van der Waals surface area contributed by atoms with Gasteiger partial charge in [0.25, 0.3) is 16.8 Å². The van der Waals surface area contributed by atoms with E-state index in [9.17, 15) is 19.7 Å². The number of amides is 2. The fourth-order valence-corrected chi connectivity index (χ4v) is 3.28. The Morgan fingerprint density at radius 2 is 2.12 bits per heavy atom. The molecule has 26 heavy (non-hydrogen) atoms. The summed E-state index contributed by atoms with van der Waals surface area (Å²) in [7, 11) is 0. The van der Waals surface area contributed by atoms with Gasteiger partial charge in [0.1, 0.15) is 11.5 Å². The minimum atomic E-state index is -0.561. The number of benzene rings is 1. The van der Waals surface area contributed by atoms with Crippen molar-refractivity contribution in [2.75, 3.05) is 6.54 Å². The van der Waals surface area contributed by atoms with Gasteiger partial charge in [0, 0.05) is 17.2 Å². The van der Waals surface area contributed by atoms with E-state index in [0.29, 0.717) is 0 Å². The van der Waals surface area contributed by atoms with Gasteiger partial charge in [-0.15, -0.1) is 6.42 Å². The van der Waals surface area contributed by atoms with Crippen molar-refractivity contribution in [3.8, 4) is 23.7 Å². The molecule has 1 aromatic carbocycles. The maximum atomic E-state index is 12.1. The Morgan fingerprint density at radius 3 is 2.81 bits per heavy atom. The fraction of sp³-hybridized carbons (Fsp3) is 0.0588. The fourth-order valence-electron chi connectivity index (χ4n) is 2.30. The molecule has 0 saturated carbocycles. The molecular weight excluding hydrogens is 380 g/mol. The molecule has 7 nitrogen and oxygen atoms in total. The molecule has 0 atom stereocenters. The lowest BCUT2D eigenvalue weighted by atomic mass is 10.1. The van der Waals surface area contributed by atoms with Crippen molar-refractivity contribution < 1.29 is 18.9 Å². The van der Waals surface area contributed by atoms with Crippen LogP contribution >= 0.6 is 23.4 Å². The number of hydrogen-bond donors (Lipinski definition) is 0. The molecule has 1 aliphatic heterocycles. The molecule has 1 aliphatic rings. The van der Waals surface area contributed by atoms with E-state index in [-0.39, 0.29) is 39.2 Å². The van der Waals surface area contributed by atoms with Crippen molar-refractivity contribution in [2.24, 2.45) is 0 Å². The van der Waals surface area contributed by atoms with Crippen LogP contribution in [0.15, 0.2) is 39.7 Å². The number of carbonyl (C=O) groups is 2. The molecule has 0 bridgehead atoms. The van der Waals surface area contributed by atoms with E-state index in [0.717, 1.165) is 16.7 Å². The SMILES string of the molecule is C#CCN1C(=O)S/C(=C\c2ccc(-c3ccc(Cl)cc3[N+](=O)[O-])o2)C1=O. The molecule has 0 N–H and O–H groups in total. The van der Waals surface area contributed by atoms with Crippen LogP contribution in [-0.2, 0) is 4.79 Å². The van der Waals surface area contributed by atoms with Gasteiger partial charge in [-0.05, 0) is 36.0 Å². The second kappa shape index (κ2) is 7.07. The molecule has 2 aromatic rings. The van der Waals surface area contributed by atoms with Gasteiger partial charge >= 0.3 is 0 Å². The molecule has 0 aliphatic carbocycles. The first-order chi connectivity index (χ1) is 12.4. The maximum Gasteiger partial charge on any atom is 0.294 e. The summed E-state index contributed by atoms with van der Waals surface area (Å²) in [5.74, 6) is 2.25. The third kappa shape index (κ3) is 3.35. The van der Waals surface area contributed by atoms with Gasteiger partial charge in [-0.25, -0.2) is 0 Å². The predicted molar refractivity (Wildman–Crippen MR) is 97.3 cm³/mol. The zero-order valence-electron chi connectivity index (χ0n) is 13.0. The zero-order valence-corrected chi connectivity index (χ0v) is 14.5. The van der Waals surface area contributed by atoms with Crippen LogP contribution < -0.4 is 0 Å². The minimum Gasteiger partial charge on any atom is -0.456 e.